The Balaban J connectivity index is 0.976. The van der Waals surface area contributed by atoms with E-state index in [0.29, 0.717) is 54.8 Å². The molecule has 2 aliphatic rings. The topological polar surface area (TPSA) is 137 Å². The van der Waals surface area contributed by atoms with E-state index in [4.69, 9.17) is 9.47 Å². The van der Waals surface area contributed by atoms with Crippen LogP contribution in [0.4, 0.5) is 20.7 Å². The van der Waals surface area contributed by atoms with E-state index in [2.05, 4.69) is 25.1 Å². The summed E-state index contributed by atoms with van der Waals surface area (Å²) < 4.78 is 12.1. The van der Waals surface area contributed by atoms with Crippen LogP contribution in [0.25, 0.3) is 10.2 Å². The lowest BCUT2D eigenvalue weighted by Gasteiger charge is -2.35. The zero-order chi connectivity index (χ0) is 34.6. The van der Waals surface area contributed by atoms with Crippen LogP contribution < -0.4 is 24.6 Å². The van der Waals surface area contributed by atoms with Crippen LogP contribution in [0, 0.1) is 0 Å². The summed E-state index contributed by atoms with van der Waals surface area (Å²) in [5.74, 6) is 0.719. The molecule has 1 saturated heterocycles. The predicted molar refractivity (Wildman–Crippen MR) is 194 cm³/mol. The van der Waals surface area contributed by atoms with Gasteiger partial charge in [0, 0.05) is 57.4 Å². The SMILES string of the molecule is CC(=O)N1CCN(c2ccc(OCCCc3sc(N4CCc5cccc(C(=O)Nc6nc7ccccc7s6)c5C4)nc3OC(=O)O)cc2)CC1. The summed E-state index contributed by atoms with van der Waals surface area (Å²) in [5, 5.41) is 13.6. The highest BCUT2D eigenvalue weighted by Gasteiger charge is 2.26. The zero-order valence-corrected chi connectivity index (χ0v) is 29.1. The van der Waals surface area contributed by atoms with Crippen LogP contribution in [0.2, 0.25) is 0 Å². The van der Waals surface area contributed by atoms with Crippen molar-refractivity contribution in [1.29, 1.82) is 0 Å². The second-order valence-electron chi connectivity index (χ2n) is 12.1. The van der Waals surface area contributed by atoms with Crippen molar-refractivity contribution >= 4 is 66.8 Å². The molecule has 0 bridgehead atoms. The van der Waals surface area contributed by atoms with Crippen molar-refractivity contribution in [2.24, 2.45) is 0 Å². The van der Waals surface area contributed by atoms with E-state index in [9.17, 15) is 19.5 Å². The maximum atomic E-state index is 13.5. The van der Waals surface area contributed by atoms with Gasteiger partial charge in [-0.25, -0.2) is 9.78 Å². The minimum Gasteiger partial charge on any atom is -0.494 e. The van der Waals surface area contributed by atoms with Gasteiger partial charge in [0.1, 0.15) is 5.75 Å². The molecule has 3 aromatic carbocycles. The molecule has 258 valence electrons. The fraction of sp³-hybridized carbons (Fsp3) is 0.306. The highest BCUT2D eigenvalue weighted by Crippen LogP contribution is 2.36. The second kappa shape index (κ2) is 14.7. The minimum atomic E-state index is -1.42. The monoisotopic (exact) mass is 712 g/mol. The van der Waals surface area contributed by atoms with Crippen LogP contribution in [-0.2, 0) is 24.2 Å². The number of piperazine rings is 1. The Bertz CT molecular complexity index is 1990. The number of carboxylic acid groups (broad SMARTS) is 1. The number of hydrogen-bond acceptors (Lipinski definition) is 11. The van der Waals surface area contributed by atoms with Crippen molar-refractivity contribution in [3.8, 4) is 11.6 Å². The van der Waals surface area contributed by atoms with E-state index in [1.165, 1.54) is 22.7 Å². The number of fused-ring (bicyclic) bond motifs is 2. The minimum absolute atomic E-state index is 0.0828. The van der Waals surface area contributed by atoms with Crippen molar-refractivity contribution in [2.45, 2.75) is 32.7 Å². The van der Waals surface area contributed by atoms with Crippen LogP contribution >= 0.6 is 22.7 Å². The van der Waals surface area contributed by atoms with Gasteiger partial charge in [-0.1, -0.05) is 46.9 Å². The first-order valence-electron chi connectivity index (χ1n) is 16.5. The first kappa shape index (κ1) is 33.3. The summed E-state index contributed by atoms with van der Waals surface area (Å²) >= 11 is 2.83. The van der Waals surface area contributed by atoms with E-state index in [1.807, 2.05) is 71.6 Å². The van der Waals surface area contributed by atoms with Gasteiger partial charge in [-0.3, -0.25) is 14.9 Å². The lowest BCUT2D eigenvalue weighted by atomic mass is 9.94. The van der Waals surface area contributed by atoms with Gasteiger partial charge < -0.3 is 29.3 Å². The van der Waals surface area contributed by atoms with Crippen LogP contribution in [0.5, 0.6) is 11.6 Å². The Hall–Kier alpha value is -5.21. The van der Waals surface area contributed by atoms with E-state index in [-0.39, 0.29) is 17.7 Å². The molecule has 0 radical (unpaired) electrons. The van der Waals surface area contributed by atoms with Crippen molar-refractivity contribution < 1.29 is 29.0 Å². The molecule has 7 rings (SSSR count). The number of aromatic nitrogens is 2. The lowest BCUT2D eigenvalue weighted by molar-refractivity contribution is -0.129. The van der Waals surface area contributed by atoms with Gasteiger partial charge in [-0.2, -0.15) is 4.98 Å². The maximum Gasteiger partial charge on any atom is 0.512 e. The van der Waals surface area contributed by atoms with Crippen LogP contribution in [0.1, 0.15) is 39.7 Å². The van der Waals surface area contributed by atoms with Gasteiger partial charge in [-0.05, 0) is 72.9 Å². The van der Waals surface area contributed by atoms with Gasteiger partial charge in [0.15, 0.2) is 10.3 Å². The normalized spacial score (nSPS) is 14.4. The van der Waals surface area contributed by atoms with Crippen molar-refractivity contribution in [3.63, 3.8) is 0 Å². The molecule has 2 aromatic heterocycles. The molecule has 5 aromatic rings. The average molecular weight is 713 g/mol. The molecule has 50 heavy (non-hydrogen) atoms. The summed E-state index contributed by atoms with van der Waals surface area (Å²) in [5.41, 5.74) is 4.51. The Kier molecular flexibility index (Phi) is 9.81. The predicted octanol–water partition coefficient (Wildman–Crippen LogP) is 6.30. The number of anilines is 3. The number of rotatable bonds is 10. The molecule has 0 unspecified atom stereocenters. The fourth-order valence-corrected chi connectivity index (χ4v) is 8.20. The Morgan fingerprint density at radius 1 is 0.900 bits per heavy atom. The van der Waals surface area contributed by atoms with Crippen molar-refractivity contribution in [2.75, 3.05) is 54.4 Å². The lowest BCUT2D eigenvalue weighted by Crippen LogP contribution is -2.48. The van der Waals surface area contributed by atoms with Gasteiger partial charge in [0.25, 0.3) is 5.91 Å². The number of carbonyl (C=O) groups excluding carboxylic acids is 2. The quantitative estimate of drug-likeness (QED) is 0.125. The average Bonchev–Trinajstić information content (AvgIpc) is 3.72. The van der Waals surface area contributed by atoms with Gasteiger partial charge >= 0.3 is 6.16 Å². The Morgan fingerprint density at radius 3 is 2.46 bits per heavy atom. The molecule has 2 aliphatic heterocycles. The Labute approximate surface area is 296 Å². The van der Waals surface area contributed by atoms with Crippen molar-refractivity contribution in [3.05, 3.63) is 88.3 Å². The Morgan fingerprint density at radius 2 is 1.70 bits per heavy atom. The number of para-hydroxylation sites is 1. The first-order valence-corrected chi connectivity index (χ1v) is 18.1. The van der Waals surface area contributed by atoms with Gasteiger partial charge in [0.05, 0.1) is 21.7 Å². The summed E-state index contributed by atoms with van der Waals surface area (Å²) in [6, 6.07) is 21.5. The molecule has 0 aliphatic carbocycles. The number of ether oxygens (including phenoxy) is 2. The molecule has 2 amide bonds. The van der Waals surface area contributed by atoms with E-state index >= 15 is 0 Å². The molecular weight excluding hydrogens is 677 g/mol. The molecule has 0 atom stereocenters. The third kappa shape index (κ3) is 7.50. The molecule has 0 spiro atoms. The molecule has 0 saturated carbocycles. The summed E-state index contributed by atoms with van der Waals surface area (Å²) in [6.45, 7) is 6.18. The van der Waals surface area contributed by atoms with E-state index in [1.54, 1.807) is 6.92 Å². The molecule has 1 fully saturated rings. The standard InChI is InChI=1S/C36H36N6O6S2/c1-23(43)40-17-19-41(20-18-40)25-11-13-26(14-12-25)47-21-5-10-31-33(48-36(45)46)39-35(50-31)42-16-15-24-6-4-7-27(28(24)22-42)32(44)38-34-37-29-8-2-3-9-30(29)49-34/h2-4,6-9,11-14H,5,10,15-22H2,1H3,(H,45,46)(H,37,38,44). The van der Waals surface area contributed by atoms with Crippen LogP contribution in [0.15, 0.2) is 66.7 Å². The fourth-order valence-electron chi connectivity index (χ4n) is 6.28. The highest BCUT2D eigenvalue weighted by molar-refractivity contribution is 7.22. The van der Waals surface area contributed by atoms with E-state index in [0.717, 1.165) is 63.8 Å². The largest absolute Gasteiger partial charge is 0.512 e. The number of nitrogens with one attached hydrogen (secondary N) is 1. The molecule has 12 nitrogen and oxygen atoms in total. The number of amides is 2. The number of benzene rings is 3. The number of nitrogens with zero attached hydrogens (tertiary/aromatic N) is 5. The van der Waals surface area contributed by atoms with Crippen LogP contribution in [0.3, 0.4) is 0 Å². The molecular formula is C36H36N6O6S2. The summed E-state index contributed by atoms with van der Waals surface area (Å²) in [4.78, 5) is 52.7. The number of aryl methyl sites for hydroxylation is 1. The maximum absolute atomic E-state index is 13.5. The summed E-state index contributed by atoms with van der Waals surface area (Å²) in [7, 11) is 0. The first-order chi connectivity index (χ1) is 24.3. The van der Waals surface area contributed by atoms with Gasteiger partial charge in [-0.15, -0.1) is 0 Å². The number of thiazole rings is 2. The summed E-state index contributed by atoms with van der Waals surface area (Å²) in [6.07, 6.45) is 0.452. The third-order valence-corrected chi connectivity index (χ3v) is 11.0. The molecule has 14 heteroatoms. The zero-order valence-electron chi connectivity index (χ0n) is 27.5. The van der Waals surface area contributed by atoms with Crippen LogP contribution in [-0.4, -0.2) is 77.3 Å². The smallest absolute Gasteiger partial charge is 0.494 e. The van der Waals surface area contributed by atoms with E-state index < -0.39 is 6.16 Å². The molecule has 4 heterocycles. The highest BCUT2D eigenvalue weighted by atomic mass is 32.1. The number of carbonyl (C=O) groups is 3. The van der Waals surface area contributed by atoms with Gasteiger partial charge in [0.2, 0.25) is 11.8 Å². The van der Waals surface area contributed by atoms with Crippen molar-refractivity contribution in [1.82, 2.24) is 14.9 Å². The second-order valence-corrected chi connectivity index (χ2v) is 14.2. The third-order valence-electron chi connectivity index (χ3n) is 8.88. The number of hydrogen-bond donors (Lipinski definition) is 2. The molecule has 2 N–H and O–H groups in total.